The van der Waals surface area contributed by atoms with Crippen molar-refractivity contribution in [2.45, 2.75) is 12.3 Å². The number of hydrogen-bond acceptors (Lipinski definition) is 4. The molecule has 3 N–H and O–H groups in total. The van der Waals surface area contributed by atoms with E-state index in [-0.39, 0.29) is 29.5 Å². The Balaban J connectivity index is 1.85. The molecule has 1 atom stereocenters. The first kappa shape index (κ1) is 15.1. The van der Waals surface area contributed by atoms with E-state index in [2.05, 4.69) is 15.3 Å². The lowest BCUT2D eigenvalue weighted by Gasteiger charge is -2.24. The number of anilines is 1. The normalized spacial score (nSPS) is 16.2. The third-order valence-corrected chi connectivity index (χ3v) is 4.29. The van der Waals surface area contributed by atoms with Crippen LogP contribution in [0.2, 0.25) is 0 Å². The van der Waals surface area contributed by atoms with Gasteiger partial charge in [-0.15, -0.1) is 0 Å². The van der Waals surface area contributed by atoms with Crippen molar-refractivity contribution >= 4 is 11.7 Å². The molecule has 1 aliphatic rings. The maximum atomic E-state index is 12.7. The summed E-state index contributed by atoms with van der Waals surface area (Å²) < 4.78 is 0. The number of carbonyl (C=O) groups excluding carboxylic acids is 1. The van der Waals surface area contributed by atoms with E-state index in [4.69, 9.17) is 0 Å². The van der Waals surface area contributed by atoms with Gasteiger partial charge in [-0.25, -0.2) is 4.98 Å². The number of nitrogens with zero attached hydrogens (tertiary/aromatic N) is 1. The van der Waals surface area contributed by atoms with Crippen LogP contribution >= 0.6 is 0 Å². The zero-order valence-electron chi connectivity index (χ0n) is 13.2. The molecule has 1 aliphatic heterocycles. The van der Waals surface area contributed by atoms with Gasteiger partial charge in [0.15, 0.2) is 0 Å². The molecule has 0 fully saturated rings. The van der Waals surface area contributed by atoms with E-state index in [0.717, 1.165) is 11.1 Å². The largest absolute Gasteiger partial charge is 0.508 e. The maximum Gasteiger partial charge on any atom is 0.257 e. The Morgan fingerprint density at radius 2 is 1.72 bits per heavy atom. The molecule has 0 radical (unpaired) electrons. The molecule has 2 heterocycles. The Hall–Kier alpha value is -3.41. The molecule has 0 spiro atoms. The highest BCUT2D eigenvalue weighted by atomic mass is 16.3. The van der Waals surface area contributed by atoms with Gasteiger partial charge in [0.05, 0.1) is 5.56 Å². The number of rotatable bonds is 2. The van der Waals surface area contributed by atoms with E-state index in [1.807, 2.05) is 30.3 Å². The van der Waals surface area contributed by atoms with Crippen molar-refractivity contribution in [1.82, 2.24) is 9.97 Å². The summed E-state index contributed by atoms with van der Waals surface area (Å²) in [4.78, 5) is 32.1. The number of fused-ring (bicyclic) bond motifs is 1. The van der Waals surface area contributed by atoms with E-state index >= 15 is 0 Å². The number of amides is 1. The fraction of sp³-hybridized carbons (Fsp3) is 0.105. The number of benzene rings is 2. The number of hydrogen-bond donors (Lipinski definition) is 3. The first-order valence-electron chi connectivity index (χ1n) is 7.90. The van der Waals surface area contributed by atoms with Crippen molar-refractivity contribution < 1.29 is 9.90 Å². The number of H-pyrrole nitrogens is 1. The molecule has 4 rings (SSSR count). The van der Waals surface area contributed by atoms with Crippen LogP contribution in [0, 0.1) is 0 Å². The Labute approximate surface area is 143 Å². The van der Waals surface area contributed by atoms with Crippen LogP contribution in [0.5, 0.6) is 5.75 Å². The number of aromatic hydroxyl groups is 1. The fourth-order valence-electron chi connectivity index (χ4n) is 3.10. The van der Waals surface area contributed by atoms with Gasteiger partial charge in [-0.2, -0.15) is 0 Å². The lowest BCUT2D eigenvalue weighted by molar-refractivity contribution is -0.116. The molecule has 0 aliphatic carbocycles. The van der Waals surface area contributed by atoms with Gasteiger partial charge in [0.25, 0.3) is 5.56 Å². The monoisotopic (exact) mass is 333 g/mol. The van der Waals surface area contributed by atoms with Crippen molar-refractivity contribution in [2.75, 3.05) is 5.32 Å². The van der Waals surface area contributed by atoms with E-state index in [9.17, 15) is 14.7 Å². The Morgan fingerprint density at radius 1 is 1.00 bits per heavy atom. The molecule has 0 saturated carbocycles. The molecule has 25 heavy (non-hydrogen) atoms. The summed E-state index contributed by atoms with van der Waals surface area (Å²) in [5, 5.41) is 12.2. The summed E-state index contributed by atoms with van der Waals surface area (Å²) in [5.74, 6) is 0.247. The minimum Gasteiger partial charge on any atom is -0.508 e. The topological polar surface area (TPSA) is 95.1 Å². The lowest BCUT2D eigenvalue weighted by Crippen LogP contribution is -2.31. The number of aromatic amines is 1. The SMILES string of the molecule is O=C1CC(c2ccc(O)cc2)c2c(nc(-c3ccccc3)[nH]c2=O)N1. The van der Waals surface area contributed by atoms with Crippen molar-refractivity contribution in [2.24, 2.45) is 0 Å². The number of phenols is 1. The minimum atomic E-state index is -0.398. The quantitative estimate of drug-likeness (QED) is 0.672. The van der Waals surface area contributed by atoms with Crippen molar-refractivity contribution in [3.63, 3.8) is 0 Å². The fourth-order valence-corrected chi connectivity index (χ4v) is 3.10. The first-order valence-corrected chi connectivity index (χ1v) is 7.90. The average molecular weight is 333 g/mol. The predicted molar refractivity (Wildman–Crippen MR) is 93.5 cm³/mol. The second-order valence-electron chi connectivity index (χ2n) is 5.94. The summed E-state index contributed by atoms with van der Waals surface area (Å²) in [6.45, 7) is 0. The van der Waals surface area contributed by atoms with Gasteiger partial charge in [0.2, 0.25) is 5.91 Å². The average Bonchev–Trinajstić information content (AvgIpc) is 2.62. The molecule has 0 saturated heterocycles. The molecule has 1 unspecified atom stereocenters. The first-order chi connectivity index (χ1) is 12.1. The van der Waals surface area contributed by atoms with Gasteiger partial charge >= 0.3 is 0 Å². The van der Waals surface area contributed by atoms with Gasteiger partial charge in [-0.05, 0) is 17.7 Å². The summed E-state index contributed by atoms with van der Waals surface area (Å²) in [5.41, 5.74) is 1.71. The van der Waals surface area contributed by atoms with Crippen LogP contribution in [0.3, 0.4) is 0 Å². The molecular formula is C19H15N3O3. The van der Waals surface area contributed by atoms with Crippen LogP contribution in [0.4, 0.5) is 5.82 Å². The zero-order chi connectivity index (χ0) is 17.4. The summed E-state index contributed by atoms with van der Waals surface area (Å²) in [6.07, 6.45) is 0.160. The van der Waals surface area contributed by atoms with Crippen LogP contribution in [-0.2, 0) is 4.79 Å². The van der Waals surface area contributed by atoms with Crippen molar-refractivity contribution in [3.05, 3.63) is 76.1 Å². The van der Waals surface area contributed by atoms with Crippen LogP contribution in [0.25, 0.3) is 11.4 Å². The summed E-state index contributed by atoms with van der Waals surface area (Å²) >= 11 is 0. The van der Waals surface area contributed by atoms with Crippen molar-refractivity contribution in [1.29, 1.82) is 0 Å². The molecule has 124 valence electrons. The Bertz CT molecular complexity index is 995. The molecular weight excluding hydrogens is 318 g/mol. The van der Waals surface area contributed by atoms with E-state index in [0.29, 0.717) is 11.4 Å². The molecule has 0 bridgehead atoms. The van der Waals surface area contributed by atoms with E-state index < -0.39 is 5.92 Å². The Morgan fingerprint density at radius 3 is 2.44 bits per heavy atom. The van der Waals surface area contributed by atoms with Crippen LogP contribution < -0.4 is 10.9 Å². The standard InChI is InChI=1S/C19H15N3O3/c23-13-8-6-11(7-9-13)14-10-15(24)20-18-16(14)19(25)22-17(21-18)12-4-2-1-3-5-12/h1-9,14,23H,10H2,(H2,20,21,22,24,25). The molecule has 6 heteroatoms. The van der Waals surface area contributed by atoms with E-state index in [1.165, 1.54) is 0 Å². The summed E-state index contributed by atoms with van der Waals surface area (Å²) in [6, 6.07) is 15.8. The summed E-state index contributed by atoms with van der Waals surface area (Å²) in [7, 11) is 0. The van der Waals surface area contributed by atoms with Gasteiger partial charge < -0.3 is 15.4 Å². The second-order valence-corrected chi connectivity index (χ2v) is 5.94. The van der Waals surface area contributed by atoms with Crippen LogP contribution in [0.1, 0.15) is 23.5 Å². The molecule has 2 aromatic carbocycles. The highest BCUT2D eigenvalue weighted by Gasteiger charge is 2.30. The minimum absolute atomic E-state index is 0.135. The van der Waals surface area contributed by atoms with Crippen LogP contribution in [-0.4, -0.2) is 21.0 Å². The number of aromatic nitrogens is 2. The zero-order valence-corrected chi connectivity index (χ0v) is 13.2. The van der Waals surface area contributed by atoms with Gasteiger partial charge in [-0.3, -0.25) is 9.59 Å². The lowest BCUT2D eigenvalue weighted by atomic mass is 9.87. The van der Waals surface area contributed by atoms with Crippen molar-refractivity contribution in [3.8, 4) is 17.1 Å². The molecule has 3 aromatic rings. The smallest absolute Gasteiger partial charge is 0.257 e. The number of phenolic OH excluding ortho intramolecular Hbond substituents is 1. The third-order valence-electron chi connectivity index (χ3n) is 4.29. The Kier molecular flexibility index (Phi) is 3.57. The molecule has 1 aromatic heterocycles. The number of nitrogens with one attached hydrogen (secondary N) is 2. The van der Waals surface area contributed by atoms with Crippen LogP contribution in [0.15, 0.2) is 59.4 Å². The van der Waals surface area contributed by atoms with Gasteiger partial charge in [-0.1, -0.05) is 42.5 Å². The second kappa shape index (κ2) is 5.90. The number of carbonyl (C=O) groups is 1. The van der Waals surface area contributed by atoms with E-state index in [1.54, 1.807) is 24.3 Å². The molecule has 1 amide bonds. The predicted octanol–water partition coefficient (Wildman–Crippen LogP) is 2.62. The maximum absolute atomic E-state index is 12.7. The van der Waals surface area contributed by atoms with Gasteiger partial charge in [0.1, 0.15) is 17.4 Å². The van der Waals surface area contributed by atoms with Gasteiger partial charge in [0, 0.05) is 17.9 Å². The third kappa shape index (κ3) is 2.78. The highest BCUT2D eigenvalue weighted by Crippen LogP contribution is 2.34. The highest BCUT2D eigenvalue weighted by molar-refractivity contribution is 5.94. The molecule has 6 nitrogen and oxygen atoms in total.